The third kappa shape index (κ3) is 0.976. The van der Waals surface area contributed by atoms with Gasteiger partial charge in [0.15, 0.2) is 0 Å². The van der Waals surface area contributed by atoms with Crippen LogP contribution in [0.4, 0.5) is 0 Å². The molecule has 0 amide bonds. The van der Waals surface area contributed by atoms with Crippen LogP contribution in [0.25, 0.3) is 0 Å². The molecule has 1 N–H and O–H groups in total. The van der Waals surface area contributed by atoms with E-state index >= 15 is 0 Å². The Labute approximate surface area is 46.1 Å². The van der Waals surface area contributed by atoms with Crippen LogP contribution >= 0.6 is 11.5 Å². The monoisotopic (exact) mass is 113 g/mol. The van der Waals surface area contributed by atoms with E-state index in [0.29, 0.717) is 6.54 Å². The van der Waals surface area contributed by atoms with E-state index in [1.165, 1.54) is 11.5 Å². The summed E-state index contributed by atoms with van der Waals surface area (Å²) in [4.78, 5) is 0. The van der Waals surface area contributed by atoms with Crippen LogP contribution in [0.2, 0.25) is 0 Å². The number of aromatic nitrogens is 1. The van der Waals surface area contributed by atoms with Crippen LogP contribution in [0, 0.1) is 0 Å². The molecule has 1 aromatic heterocycles. The van der Waals surface area contributed by atoms with Gasteiger partial charge in [0.2, 0.25) is 0 Å². The topological polar surface area (TPSA) is 36.7 Å². The van der Waals surface area contributed by atoms with Crippen molar-refractivity contribution in [1.82, 2.24) is 10.1 Å². The predicted octanol–water partition coefficient (Wildman–Crippen LogP) is 0.926. The van der Waals surface area contributed by atoms with Crippen LogP contribution in [0.1, 0.15) is 5.69 Å². The molecule has 37 valence electrons. The summed E-state index contributed by atoms with van der Waals surface area (Å²) in [7, 11) is 0. The summed E-state index contributed by atoms with van der Waals surface area (Å²) in [6.45, 7) is 0.309. The second-order valence-corrected chi connectivity index (χ2v) is 1.83. The first-order chi connectivity index (χ1) is 3.43. The molecule has 0 spiro atoms. The number of rotatable bonds is 1. The Morgan fingerprint density at radius 3 is 3.00 bits per heavy atom. The number of hydrogen-bond acceptors (Lipinski definition) is 2. The fourth-order valence-electron chi connectivity index (χ4n) is 0.329. The lowest BCUT2D eigenvalue weighted by molar-refractivity contribution is 0.991. The average molecular weight is 113 g/mol. The van der Waals surface area contributed by atoms with E-state index in [2.05, 4.69) is 4.37 Å². The Morgan fingerprint density at radius 1 is 1.86 bits per heavy atom. The number of hydrogen-bond donors (Lipinski definition) is 0. The second-order valence-electron chi connectivity index (χ2n) is 1.17. The van der Waals surface area contributed by atoms with E-state index in [1.807, 2.05) is 11.4 Å². The third-order valence-electron chi connectivity index (χ3n) is 0.672. The molecule has 0 saturated heterocycles. The summed E-state index contributed by atoms with van der Waals surface area (Å²) in [6, 6.07) is 1.86. The van der Waals surface area contributed by atoms with Crippen molar-refractivity contribution in [3.63, 3.8) is 0 Å². The SMILES string of the molecule is [NH]Cc1ccsn1. The highest BCUT2D eigenvalue weighted by atomic mass is 32.1. The van der Waals surface area contributed by atoms with Crippen molar-refractivity contribution < 1.29 is 0 Å². The quantitative estimate of drug-likeness (QED) is 0.533. The largest absolute Gasteiger partial charge is 0.251 e. The van der Waals surface area contributed by atoms with Crippen molar-refractivity contribution in [2.45, 2.75) is 6.54 Å². The highest BCUT2D eigenvalue weighted by Crippen LogP contribution is 1.96. The van der Waals surface area contributed by atoms with Gasteiger partial charge in [0, 0.05) is 5.38 Å². The van der Waals surface area contributed by atoms with E-state index in [9.17, 15) is 0 Å². The van der Waals surface area contributed by atoms with E-state index < -0.39 is 0 Å². The van der Waals surface area contributed by atoms with Crippen molar-refractivity contribution in [2.24, 2.45) is 0 Å². The Balaban J connectivity index is 2.76. The summed E-state index contributed by atoms with van der Waals surface area (Å²) in [6.07, 6.45) is 0. The molecule has 1 radical (unpaired) electrons. The molecule has 0 aliphatic carbocycles. The molecule has 2 nitrogen and oxygen atoms in total. The Kier molecular flexibility index (Phi) is 1.38. The van der Waals surface area contributed by atoms with E-state index in [1.54, 1.807) is 0 Å². The molecule has 0 unspecified atom stereocenters. The lowest BCUT2D eigenvalue weighted by Gasteiger charge is -1.76. The fourth-order valence-corrected chi connectivity index (χ4v) is 0.868. The first-order valence-corrected chi connectivity index (χ1v) is 2.81. The van der Waals surface area contributed by atoms with Gasteiger partial charge in [0.25, 0.3) is 0 Å². The van der Waals surface area contributed by atoms with Gasteiger partial charge in [0.1, 0.15) is 0 Å². The zero-order valence-electron chi connectivity index (χ0n) is 3.72. The first kappa shape index (κ1) is 4.74. The molecule has 0 aliphatic rings. The van der Waals surface area contributed by atoms with Gasteiger partial charge in [-0.25, -0.2) is 0 Å². The van der Waals surface area contributed by atoms with Gasteiger partial charge in [-0.05, 0) is 17.6 Å². The van der Waals surface area contributed by atoms with Gasteiger partial charge in [0.05, 0.1) is 12.2 Å². The molecule has 0 saturated carbocycles. The van der Waals surface area contributed by atoms with Crippen molar-refractivity contribution in [3.8, 4) is 0 Å². The lowest BCUT2D eigenvalue weighted by Crippen LogP contribution is -1.80. The Bertz CT molecular complexity index is 124. The minimum atomic E-state index is 0.309. The van der Waals surface area contributed by atoms with Crippen LogP contribution in [-0.2, 0) is 6.54 Å². The fraction of sp³-hybridized carbons (Fsp3) is 0.250. The zero-order valence-corrected chi connectivity index (χ0v) is 4.53. The average Bonchev–Trinajstić information content (AvgIpc) is 2.14. The van der Waals surface area contributed by atoms with Crippen molar-refractivity contribution >= 4 is 11.5 Å². The van der Waals surface area contributed by atoms with Gasteiger partial charge in [-0.1, -0.05) is 0 Å². The molecular formula is C4H5N2S. The van der Waals surface area contributed by atoms with Crippen LogP contribution in [0.5, 0.6) is 0 Å². The van der Waals surface area contributed by atoms with Crippen LogP contribution in [0.15, 0.2) is 11.4 Å². The molecule has 0 aliphatic heterocycles. The van der Waals surface area contributed by atoms with E-state index in [-0.39, 0.29) is 0 Å². The lowest BCUT2D eigenvalue weighted by atomic mass is 10.5. The van der Waals surface area contributed by atoms with Crippen molar-refractivity contribution in [2.75, 3.05) is 0 Å². The Morgan fingerprint density at radius 2 is 2.71 bits per heavy atom. The molecule has 1 aromatic rings. The van der Waals surface area contributed by atoms with Gasteiger partial charge in [-0.2, -0.15) is 4.37 Å². The maximum atomic E-state index is 6.80. The summed E-state index contributed by atoms with van der Waals surface area (Å²) in [5.41, 5.74) is 7.67. The second kappa shape index (κ2) is 2.04. The van der Waals surface area contributed by atoms with E-state index in [4.69, 9.17) is 5.73 Å². The van der Waals surface area contributed by atoms with Crippen molar-refractivity contribution in [3.05, 3.63) is 17.1 Å². The normalized spacial score (nSPS) is 9.29. The molecule has 1 heterocycles. The number of nitrogens with zero attached hydrogens (tertiary/aromatic N) is 1. The van der Waals surface area contributed by atoms with E-state index in [0.717, 1.165) is 5.69 Å². The highest BCUT2D eigenvalue weighted by Gasteiger charge is 1.85. The maximum absolute atomic E-state index is 6.80. The molecular weight excluding hydrogens is 108 g/mol. The van der Waals surface area contributed by atoms with Gasteiger partial charge in [-0.3, -0.25) is 5.73 Å². The van der Waals surface area contributed by atoms with Gasteiger partial charge < -0.3 is 0 Å². The van der Waals surface area contributed by atoms with Crippen LogP contribution in [-0.4, -0.2) is 4.37 Å². The molecule has 0 aromatic carbocycles. The van der Waals surface area contributed by atoms with Gasteiger partial charge in [-0.15, -0.1) is 0 Å². The zero-order chi connectivity index (χ0) is 5.11. The molecule has 0 fully saturated rings. The van der Waals surface area contributed by atoms with Crippen molar-refractivity contribution in [1.29, 1.82) is 0 Å². The minimum Gasteiger partial charge on any atom is -0.251 e. The van der Waals surface area contributed by atoms with Crippen LogP contribution < -0.4 is 5.73 Å². The number of nitrogens with one attached hydrogen (secondary N) is 1. The molecule has 3 heteroatoms. The Hall–Kier alpha value is -0.410. The first-order valence-electron chi connectivity index (χ1n) is 1.97. The smallest absolute Gasteiger partial charge is 0.0694 e. The summed E-state index contributed by atoms with van der Waals surface area (Å²) in [5, 5.41) is 1.88. The summed E-state index contributed by atoms with van der Waals surface area (Å²) >= 11 is 1.39. The standard InChI is InChI=1S/C4H5N2S/c5-3-4-1-2-7-6-4/h1-2,5H,3H2. The third-order valence-corrected chi connectivity index (χ3v) is 1.27. The molecule has 1 rings (SSSR count). The summed E-state index contributed by atoms with van der Waals surface area (Å²) < 4.78 is 3.89. The molecule has 0 atom stereocenters. The maximum Gasteiger partial charge on any atom is 0.0694 e. The van der Waals surface area contributed by atoms with Gasteiger partial charge >= 0.3 is 0 Å². The highest BCUT2D eigenvalue weighted by molar-refractivity contribution is 7.03. The predicted molar refractivity (Wildman–Crippen MR) is 28.9 cm³/mol. The van der Waals surface area contributed by atoms with Crippen LogP contribution in [0.3, 0.4) is 0 Å². The molecule has 0 bridgehead atoms. The minimum absolute atomic E-state index is 0.309. The summed E-state index contributed by atoms with van der Waals surface area (Å²) in [5.74, 6) is 0. The molecule has 7 heavy (non-hydrogen) atoms.